The van der Waals surface area contributed by atoms with Gasteiger partial charge in [-0.2, -0.15) is 4.98 Å². The van der Waals surface area contributed by atoms with Crippen molar-refractivity contribution in [3.8, 4) is 0 Å². The maximum atomic E-state index is 6.19. The summed E-state index contributed by atoms with van der Waals surface area (Å²) >= 11 is 0. The van der Waals surface area contributed by atoms with Gasteiger partial charge in [0.2, 0.25) is 5.95 Å². The number of hydrogen-bond donors (Lipinski definition) is 2. The van der Waals surface area contributed by atoms with Crippen LogP contribution in [-0.2, 0) is 0 Å². The third kappa shape index (κ3) is 2.86. The molecule has 0 unspecified atom stereocenters. The van der Waals surface area contributed by atoms with Crippen molar-refractivity contribution < 1.29 is 0 Å². The molecule has 2 aliphatic heterocycles. The molecule has 2 saturated heterocycles. The van der Waals surface area contributed by atoms with E-state index < -0.39 is 0 Å². The van der Waals surface area contributed by atoms with Crippen LogP contribution in [0.4, 0.5) is 11.8 Å². The molecule has 6 nitrogen and oxygen atoms in total. The fraction of sp³-hybridized carbons (Fsp3) is 0.714. The second kappa shape index (κ2) is 5.93. The van der Waals surface area contributed by atoms with Gasteiger partial charge in [-0.25, -0.2) is 4.98 Å². The average Bonchev–Trinajstić information content (AvgIpc) is 2.49. The van der Waals surface area contributed by atoms with Crippen LogP contribution in [0.15, 0.2) is 6.20 Å². The van der Waals surface area contributed by atoms with Crippen molar-refractivity contribution >= 4 is 11.8 Å². The van der Waals surface area contributed by atoms with Crippen LogP contribution in [0, 0.1) is 0 Å². The number of nitrogens with one attached hydrogen (secondary N) is 1. The summed E-state index contributed by atoms with van der Waals surface area (Å²) in [6.07, 6.45) is 4.25. The number of likely N-dealkylation sites (tertiary alicyclic amines) is 1. The van der Waals surface area contributed by atoms with Crippen LogP contribution in [0.2, 0.25) is 0 Å². The van der Waals surface area contributed by atoms with Gasteiger partial charge >= 0.3 is 0 Å². The lowest BCUT2D eigenvalue weighted by atomic mass is 9.91. The minimum absolute atomic E-state index is 0.517. The second-order valence-corrected chi connectivity index (χ2v) is 5.83. The maximum absolute atomic E-state index is 6.19. The molecule has 0 aromatic carbocycles. The smallest absolute Gasteiger partial charge is 0.227 e. The molecule has 1 aromatic rings. The first-order valence-corrected chi connectivity index (χ1v) is 7.50. The lowest BCUT2D eigenvalue weighted by Gasteiger charge is -2.30. The van der Waals surface area contributed by atoms with E-state index >= 15 is 0 Å². The zero-order valence-electron chi connectivity index (χ0n) is 12.2. The Balaban J connectivity index is 1.73. The summed E-state index contributed by atoms with van der Waals surface area (Å²) in [6.45, 7) is 6.13. The van der Waals surface area contributed by atoms with Gasteiger partial charge in [0.15, 0.2) is 0 Å². The molecule has 2 fully saturated rings. The molecule has 6 heteroatoms. The van der Waals surface area contributed by atoms with E-state index in [0.717, 1.165) is 63.6 Å². The summed E-state index contributed by atoms with van der Waals surface area (Å²) in [5, 5.41) is 3.33. The number of nitrogens with two attached hydrogens (primary N) is 1. The average molecular weight is 276 g/mol. The normalized spacial score (nSPS) is 22.1. The molecule has 0 amide bonds. The highest BCUT2D eigenvalue weighted by Gasteiger charge is 2.22. The van der Waals surface area contributed by atoms with Crippen LogP contribution < -0.4 is 16.0 Å². The summed E-state index contributed by atoms with van der Waals surface area (Å²) in [5.41, 5.74) is 7.32. The van der Waals surface area contributed by atoms with E-state index in [-0.39, 0.29) is 0 Å². The molecule has 0 atom stereocenters. The fourth-order valence-electron chi connectivity index (χ4n) is 3.05. The Hall–Kier alpha value is -1.40. The largest absolute Gasteiger partial charge is 0.383 e. The molecule has 2 aliphatic rings. The molecule has 3 rings (SSSR count). The molecule has 0 spiro atoms. The van der Waals surface area contributed by atoms with Crippen LogP contribution in [0.3, 0.4) is 0 Å². The number of hydrogen-bond acceptors (Lipinski definition) is 6. The third-order valence-corrected chi connectivity index (χ3v) is 4.39. The highest BCUT2D eigenvalue weighted by molar-refractivity contribution is 5.46. The molecule has 0 radical (unpaired) electrons. The first-order valence-electron chi connectivity index (χ1n) is 7.50. The number of nitrogens with zero attached hydrogens (tertiary/aromatic N) is 4. The number of anilines is 2. The van der Waals surface area contributed by atoms with E-state index in [4.69, 9.17) is 5.73 Å². The minimum atomic E-state index is 0.517. The van der Waals surface area contributed by atoms with Gasteiger partial charge in [0.25, 0.3) is 0 Å². The molecular formula is C14H24N6. The molecule has 110 valence electrons. The predicted octanol–water partition coefficient (Wildman–Crippen LogP) is 0.278. The maximum Gasteiger partial charge on any atom is 0.227 e. The highest BCUT2D eigenvalue weighted by Crippen LogP contribution is 2.30. The Morgan fingerprint density at radius 1 is 1.20 bits per heavy atom. The Labute approximate surface area is 120 Å². The number of piperazine rings is 1. The van der Waals surface area contributed by atoms with Gasteiger partial charge in [-0.1, -0.05) is 0 Å². The molecule has 20 heavy (non-hydrogen) atoms. The molecule has 1 aromatic heterocycles. The van der Waals surface area contributed by atoms with Gasteiger partial charge < -0.3 is 20.9 Å². The predicted molar refractivity (Wildman–Crippen MR) is 81.0 cm³/mol. The van der Waals surface area contributed by atoms with Crippen molar-refractivity contribution in [1.29, 1.82) is 0 Å². The Morgan fingerprint density at radius 2 is 1.90 bits per heavy atom. The van der Waals surface area contributed by atoms with Gasteiger partial charge in [0.05, 0.1) is 0 Å². The first kappa shape index (κ1) is 13.6. The summed E-state index contributed by atoms with van der Waals surface area (Å²) in [7, 11) is 2.17. The number of nitrogen functional groups attached to an aromatic ring is 1. The number of piperidine rings is 1. The molecule has 0 aliphatic carbocycles. The first-order chi connectivity index (χ1) is 9.74. The van der Waals surface area contributed by atoms with Crippen molar-refractivity contribution in [2.75, 3.05) is 56.9 Å². The van der Waals surface area contributed by atoms with E-state index in [1.165, 1.54) is 0 Å². The van der Waals surface area contributed by atoms with Gasteiger partial charge in [-0.3, -0.25) is 0 Å². The topological polar surface area (TPSA) is 70.3 Å². The third-order valence-electron chi connectivity index (χ3n) is 4.39. The SMILES string of the molecule is CN1CCC(c2cnc(N3CCNCC3)nc2N)CC1. The summed E-state index contributed by atoms with van der Waals surface area (Å²) < 4.78 is 0. The van der Waals surface area contributed by atoms with E-state index in [1.54, 1.807) is 0 Å². The van der Waals surface area contributed by atoms with Crippen molar-refractivity contribution in [2.24, 2.45) is 0 Å². The van der Waals surface area contributed by atoms with Crippen LogP contribution in [-0.4, -0.2) is 61.2 Å². The summed E-state index contributed by atoms with van der Waals surface area (Å²) in [4.78, 5) is 13.7. The molecule has 3 heterocycles. The molecule has 0 saturated carbocycles. The lowest BCUT2D eigenvalue weighted by Crippen LogP contribution is -2.44. The van der Waals surface area contributed by atoms with Crippen LogP contribution in [0.5, 0.6) is 0 Å². The number of rotatable bonds is 2. The summed E-state index contributed by atoms with van der Waals surface area (Å²) in [5.74, 6) is 1.96. The molecular weight excluding hydrogens is 252 g/mol. The van der Waals surface area contributed by atoms with Crippen molar-refractivity contribution in [2.45, 2.75) is 18.8 Å². The number of aromatic nitrogens is 2. The van der Waals surface area contributed by atoms with E-state index in [2.05, 4.69) is 32.1 Å². The van der Waals surface area contributed by atoms with E-state index in [1.807, 2.05) is 6.20 Å². The standard InChI is InChI=1S/C14H24N6/c1-19-6-2-11(3-7-19)12-10-17-14(18-13(12)15)20-8-4-16-5-9-20/h10-11,16H,2-9H2,1H3,(H2,15,17,18). The van der Waals surface area contributed by atoms with Gasteiger partial charge in [0, 0.05) is 37.9 Å². The van der Waals surface area contributed by atoms with Gasteiger partial charge in [-0.05, 0) is 38.9 Å². The second-order valence-electron chi connectivity index (χ2n) is 5.83. The van der Waals surface area contributed by atoms with Crippen molar-refractivity contribution in [3.05, 3.63) is 11.8 Å². The van der Waals surface area contributed by atoms with E-state index in [0.29, 0.717) is 11.7 Å². The Morgan fingerprint density at radius 3 is 2.55 bits per heavy atom. The van der Waals surface area contributed by atoms with Crippen LogP contribution in [0.25, 0.3) is 0 Å². The fourth-order valence-corrected chi connectivity index (χ4v) is 3.05. The monoisotopic (exact) mass is 276 g/mol. The Bertz CT molecular complexity index is 449. The zero-order valence-corrected chi connectivity index (χ0v) is 12.2. The van der Waals surface area contributed by atoms with Crippen molar-refractivity contribution in [1.82, 2.24) is 20.2 Å². The Kier molecular flexibility index (Phi) is 4.03. The van der Waals surface area contributed by atoms with Crippen LogP contribution in [0.1, 0.15) is 24.3 Å². The van der Waals surface area contributed by atoms with Crippen LogP contribution >= 0.6 is 0 Å². The molecule has 0 bridgehead atoms. The zero-order chi connectivity index (χ0) is 13.9. The molecule has 3 N–H and O–H groups in total. The summed E-state index contributed by atoms with van der Waals surface area (Å²) in [6, 6.07) is 0. The quantitative estimate of drug-likeness (QED) is 0.808. The highest BCUT2D eigenvalue weighted by atomic mass is 15.3. The minimum Gasteiger partial charge on any atom is -0.383 e. The van der Waals surface area contributed by atoms with Gasteiger partial charge in [-0.15, -0.1) is 0 Å². The lowest BCUT2D eigenvalue weighted by molar-refractivity contribution is 0.255. The van der Waals surface area contributed by atoms with E-state index in [9.17, 15) is 0 Å². The van der Waals surface area contributed by atoms with Crippen molar-refractivity contribution in [3.63, 3.8) is 0 Å². The van der Waals surface area contributed by atoms with Gasteiger partial charge in [0.1, 0.15) is 5.82 Å².